The molecule has 0 radical (unpaired) electrons. The summed E-state index contributed by atoms with van der Waals surface area (Å²) in [6.45, 7) is 2.10. The molecule has 4 nitrogen and oxygen atoms in total. The highest BCUT2D eigenvalue weighted by molar-refractivity contribution is 7.23. The highest BCUT2D eigenvalue weighted by atomic mass is 32.1. The largest absolute Gasteiger partial charge is 0.403 e. The van der Waals surface area contributed by atoms with Gasteiger partial charge in [0.2, 0.25) is 0 Å². The van der Waals surface area contributed by atoms with Gasteiger partial charge in [0.15, 0.2) is 0 Å². The summed E-state index contributed by atoms with van der Waals surface area (Å²) in [6.07, 6.45) is 0. The van der Waals surface area contributed by atoms with E-state index in [0.717, 1.165) is 4.88 Å². The van der Waals surface area contributed by atoms with Crippen LogP contribution in [-0.2, 0) is 0 Å². The lowest BCUT2D eigenvalue weighted by molar-refractivity contribution is 0.592. The summed E-state index contributed by atoms with van der Waals surface area (Å²) in [5.41, 5.74) is 5.40. The smallest absolute Gasteiger partial charge is 0.313 e. The van der Waals surface area contributed by atoms with Crippen molar-refractivity contribution < 1.29 is 4.42 Å². The van der Waals surface area contributed by atoms with Gasteiger partial charge < -0.3 is 10.2 Å². The Morgan fingerprint density at radius 2 is 1.71 bits per heavy atom. The summed E-state index contributed by atoms with van der Waals surface area (Å²) in [4.78, 5) is 4.70. The molecule has 0 aliphatic carbocycles. The zero-order chi connectivity index (χ0) is 11.8. The van der Waals surface area contributed by atoms with Crippen molar-refractivity contribution in [1.29, 1.82) is 0 Å². The fourth-order valence-electron chi connectivity index (χ4n) is 1.49. The Bertz CT molecular complexity index is 598. The highest BCUT2D eigenvalue weighted by Gasteiger charge is 2.11. The first-order chi connectivity index (χ1) is 8.22. The minimum Gasteiger partial charge on any atom is -0.403 e. The van der Waals surface area contributed by atoms with Crippen LogP contribution in [0.3, 0.4) is 0 Å². The van der Waals surface area contributed by atoms with Crippen LogP contribution in [0.5, 0.6) is 0 Å². The van der Waals surface area contributed by atoms with Crippen molar-refractivity contribution in [2.24, 2.45) is 0 Å². The predicted molar refractivity (Wildman–Crippen MR) is 70.1 cm³/mol. The summed E-state index contributed by atoms with van der Waals surface area (Å²) < 4.78 is 5.19. The molecule has 3 rings (SSSR count). The standard InChI is InChI=1S/C11H9N3OS2/c1-6-2-3-7(16-6)8-4-5-9(17-8)10-13-14-11(12)15-10/h2-5H,1H3,(H2,12,14). The number of hydrogen-bond donors (Lipinski definition) is 1. The maximum absolute atomic E-state index is 5.40. The van der Waals surface area contributed by atoms with Gasteiger partial charge in [0.05, 0.1) is 4.88 Å². The molecule has 86 valence electrons. The molecule has 0 aliphatic heterocycles. The summed E-state index contributed by atoms with van der Waals surface area (Å²) in [5, 5.41) is 7.52. The summed E-state index contributed by atoms with van der Waals surface area (Å²) in [6, 6.07) is 8.37. The van der Waals surface area contributed by atoms with Crippen molar-refractivity contribution in [3.63, 3.8) is 0 Å². The van der Waals surface area contributed by atoms with Crippen molar-refractivity contribution in [2.75, 3.05) is 5.73 Å². The SMILES string of the molecule is Cc1ccc(-c2ccc(-c3nnc(N)o3)s2)s1. The molecule has 0 saturated carbocycles. The van der Waals surface area contributed by atoms with Crippen LogP contribution < -0.4 is 5.73 Å². The molecule has 0 aromatic carbocycles. The maximum Gasteiger partial charge on any atom is 0.313 e. The van der Waals surface area contributed by atoms with E-state index < -0.39 is 0 Å². The molecule has 3 aromatic rings. The van der Waals surface area contributed by atoms with E-state index >= 15 is 0 Å². The van der Waals surface area contributed by atoms with E-state index in [-0.39, 0.29) is 6.01 Å². The summed E-state index contributed by atoms with van der Waals surface area (Å²) >= 11 is 3.40. The molecule has 17 heavy (non-hydrogen) atoms. The van der Waals surface area contributed by atoms with E-state index in [1.54, 1.807) is 22.7 Å². The number of rotatable bonds is 2. The van der Waals surface area contributed by atoms with Gasteiger partial charge in [0.25, 0.3) is 5.89 Å². The number of nitrogens with zero attached hydrogens (tertiary/aromatic N) is 2. The Morgan fingerprint density at radius 3 is 2.35 bits per heavy atom. The van der Waals surface area contributed by atoms with Crippen LogP contribution in [0.15, 0.2) is 28.7 Å². The van der Waals surface area contributed by atoms with Crippen LogP contribution in [0.2, 0.25) is 0 Å². The van der Waals surface area contributed by atoms with Crippen molar-refractivity contribution in [2.45, 2.75) is 6.92 Å². The molecule has 0 bridgehead atoms. The van der Waals surface area contributed by atoms with E-state index in [2.05, 4.69) is 35.3 Å². The second-order valence-corrected chi connectivity index (χ2v) is 5.89. The molecule has 0 unspecified atom stereocenters. The summed E-state index contributed by atoms with van der Waals surface area (Å²) in [7, 11) is 0. The number of thiophene rings is 2. The van der Waals surface area contributed by atoms with E-state index in [1.807, 2.05) is 6.07 Å². The number of nitrogens with two attached hydrogens (primary N) is 1. The lowest BCUT2D eigenvalue weighted by Gasteiger charge is -1.88. The molecular formula is C11H9N3OS2. The van der Waals surface area contributed by atoms with Gasteiger partial charge in [-0.05, 0) is 31.2 Å². The number of hydrogen-bond acceptors (Lipinski definition) is 6. The first-order valence-electron chi connectivity index (χ1n) is 4.98. The van der Waals surface area contributed by atoms with Crippen LogP contribution in [0, 0.1) is 6.92 Å². The second kappa shape index (κ2) is 3.97. The maximum atomic E-state index is 5.40. The third kappa shape index (κ3) is 1.96. The molecular weight excluding hydrogens is 254 g/mol. The summed E-state index contributed by atoms with van der Waals surface area (Å²) in [5.74, 6) is 0.479. The van der Waals surface area contributed by atoms with E-state index in [9.17, 15) is 0 Å². The van der Waals surface area contributed by atoms with E-state index in [4.69, 9.17) is 10.2 Å². The lowest BCUT2D eigenvalue weighted by Crippen LogP contribution is -1.81. The third-order valence-electron chi connectivity index (χ3n) is 2.24. The number of aryl methyl sites for hydroxylation is 1. The normalized spacial score (nSPS) is 10.9. The Kier molecular flexibility index (Phi) is 2.45. The highest BCUT2D eigenvalue weighted by Crippen LogP contribution is 2.37. The van der Waals surface area contributed by atoms with Crippen molar-refractivity contribution in [3.05, 3.63) is 29.1 Å². The van der Waals surface area contributed by atoms with Gasteiger partial charge in [0.1, 0.15) is 0 Å². The molecule has 0 saturated heterocycles. The van der Waals surface area contributed by atoms with Gasteiger partial charge in [-0.25, -0.2) is 0 Å². The first-order valence-corrected chi connectivity index (χ1v) is 6.61. The average molecular weight is 263 g/mol. The molecule has 0 atom stereocenters. The van der Waals surface area contributed by atoms with Crippen LogP contribution in [0.25, 0.3) is 20.5 Å². The van der Waals surface area contributed by atoms with Gasteiger partial charge in [-0.15, -0.1) is 27.8 Å². The quantitative estimate of drug-likeness (QED) is 0.769. The Balaban J connectivity index is 1.98. The Labute approximate surface area is 106 Å². The lowest BCUT2D eigenvalue weighted by atomic mass is 10.3. The molecule has 0 amide bonds. The fourth-order valence-corrected chi connectivity index (χ4v) is 3.37. The van der Waals surface area contributed by atoms with Gasteiger partial charge >= 0.3 is 6.01 Å². The minimum atomic E-state index is 0.0990. The van der Waals surface area contributed by atoms with Gasteiger partial charge in [-0.2, -0.15) is 0 Å². The molecule has 2 N–H and O–H groups in total. The van der Waals surface area contributed by atoms with Gasteiger partial charge in [-0.3, -0.25) is 0 Å². The van der Waals surface area contributed by atoms with Crippen molar-refractivity contribution in [3.8, 4) is 20.5 Å². The monoisotopic (exact) mass is 263 g/mol. The van der Waals surface area contributed by atoms with Crippen LogP contribution in [0.4, 0.5) is 6.01 Å². The fraction of sp³-hybridized carbons (Fsp3) is 0.0909. The zero-order valence-electron chi connectivity index (χ0n) is 9.01. The van der Waals surface area contributed by atoms with Crippen LogP contribution in [0.1, 0.15) is 4.88 Å². The van der Waals surface area contributed by atoms with Crippen molar-refractivity contribution >= 4 is 28.7 Å². The van der Waals surface area contributed by atoms with Crippen LogP contribution in [-0.4, -0.2) is 10.2 Å². The van der Waals surface area contributed by atoms with E-state index in [0.29, 0.717) is 5.89 Å². The Morgan fingerprint density at radius 1 is 1.00 bits per heavy atom. The number of anilines is 1. The number of aromatic nitrogens is 2. The topological polar surface area (TPSA) is 64.9 Å². The van der Waals surface area contributed by atoms with Gasteiger partial charge in [0, 0.05) is 14.6 Å². The average Bonchev–Trinajstić information content (AvgIpc) is 2.96. The molecule has 3 aromatic heterocycles. The predicted octanol–water partition coefficient (Wildman–Crippen LogP) is 3.42. The van der Waals surface area contributed by atoms with Gasteiger partial charge in [-0.1, -0.05) is 5.10 Å². The molecule has 0 fully saturated rings. The van der Waals surface area contributed by atoms with E-state index in [1.165, 1.54) is 14.6 Å². The Hall–Kier alpha value is -1.66. The second-order valence-electron chi connectivity index (χ2n) is 3.52. The molecule has 3 heterocycles. The third-order valence-corrected chi connectivity index (χ3v) is 4.51. The van der Waals surface area contributed by atoms with Crippen molar-refractivity contribution in [1.82, 2.24) is 10.2 Å². The molecule has 0 spiro atoms. The molecule has 6 heteroatoms. The number of nitrogen functional groups attached to an aromatic ring is 1. The first kappa shape index (κ1) is 10.5. The zero-order valence-corrected chi connectivity index (χ0v) is 10.6. The van der Waals surface area contributed by atoms with Crippen LogP contribution >= 0.6 is 22.7 Å². The minimum absolute atomic E-state index is 0.0990. The molecule has 0 aliphatic rings.